The van der Waals surface area contributed by atoms with Crippen LogP contribution in [0.15, 0.2) is 0 Å². The van der Waals surface area contributed by atoms with Gasteiger partial charge in [-0.15, -0.1) is 0 Å². The molecule has 0 fully saturated rings. The fourth-order valence-corrected chi connectivity index (χ4v) is 0.447. The van der Waals surface area contributed by atoms with Crippen molar-refractivity contribution in [2.45, 2.75) is 20.0 Å². The van der Waals surface area contributed by atoms with Crippen LogP contribution in [0.4, 0.5) is 0 Å². The average Bonchev–Trinajstić information content (AvgIpc) is 1.35. The Hall–Kier alpha value is 2.34. The van der Waals surface area contributed by atoms with Crippen molar-refractivity contribution in [3.63, 3.8) is 0 Å². The van der Waals surface area contributed by atoms with Gasteiger partial charge in [0.2, 0.25) is 0 Å². The van der Waals surface area contributed by atoms with E-state index in [0.717, 1.165) is 8.43 Å². The Balaban J connectivity index is -0.000000125. The predicted octanol–water partition coefficient (Wildman–Crippen LogP) is 1.70. The van der Waals surface area contributed by atoms with Crippen molar-refractivity contribution in [3.05, 3.63) is 0 Å². The smallest absolute Gasteiger partial charge is 0.0627 e. The number of hydrogen-bond donors (Lipinski definition) is 0. The van der Waals surface area contributed by atoms with E-state index in [9.17, 15) is 0 Å². The van der Waals surface area contributed by atoms with E-state index < -0.39 is 0 Å². The van der Waals surface area contributed by atoms with Gasteiger partial charge in [-0.25, -0.2) is 0 Å². The maximum Gasteiger partial charge on any atom is 0.0627 e. The SMILES string of the molecule is C=POC(C)C.[Y].[Y]. The third-order valence-electron chi connectivity index (χ3n) is 0.285. The molecule has 0 rings (SSSR count). The van der Waals surface area contributed by atoms with E-state index in [1.807, 2.05) is 13.8 Å². The molecule has 0 atom stereocenters. The van der Waals surface area contributed by atoms with Crippen molar-refractivity contribution in [1.29, 1.82) is 0 Å². The Morgan fingerprint density at radius 1 is 1.38 bits per heavy atom. The molecule has 0 N–H and O–H groups in total. The Labute approximate surface area is 103 Å². The first-order valence-electron chi connectivity index (χ1n) is 1.89. The second-order valence-corrected chi connectivity index (χ2v) is 1.75. The molecule has 0 saturated heterocycles. The van der Waals surface area contributed by atoms with Gasteiger partial charge in [-0.2, -0.15) is 0 Å². The molecule has 0 aliphatic heterocycles. The van der Waals surface area contributed by atoms with Crippen molar-refractivity contribution in [3.8, 4) is 0 Å². The summed E-state index contributed by atoms with van der Waals surface area (Å²) in [5.74, 6) is 0. The largest absolute Gasteiger partial charge is 0.324 e. The summed E-state index contributed by atoms with van der Waals surface area (Å²) in [5.41, 5.74) is 0. The van der Waals surface area contributed by atoms with Gasteiger partial charge in [0.25, 0.3) is 0 Å². The average molecular weight is 282 g/mol. The molecule has 0 aliphatic carbocycles. The van der Waals surface area contributed by atoms with Gasteiger partial charge in [-0.05, 0) is 20.1 Å². The monoisotopic (exact) mass is 282 g/mol. The molecule has 0 spiro atoms. The molecule has 0 saturated carbocycles. The van der Waals surface area contributed by atoms with E-state index in [2.05, 4.69) is 6.30 Å². The van der Waals surface area contributed by atoms with Crippen LogP contribution in [0.5, 0.6) is 0 Å². The van der Waals surface area contributed by atoms with Crippen LogP contribution in [0, 0.1) is 0 Å². The third-order valence-corrected chi connectivity index (χ3v) is 0.856. The minimum absolute atomic E-state index is 0. The van der Waals surface area contributed by atoms with E-state index >= 15 is 0 Å². The van der Waals surface area contributed by atoms with Crippen LogP contribution < -0.4 is 0 Å². The zero-order valence-electron chi connectivity index (χ0n) is 5.29. The molecule has 1 nitrogen and oxygen atoms in total. The van der Waals surface area contributed by atoms with E-state index in [1.54, 1.807) is 0 Å². The first-order valence-corrected chi connectivity index (χ1v) is 2.89. The summed E-state index contributed by atoms with van der Waals surface area (Å²) in [6.07, 6.45) is 3.80. The van der Waals surface area contributed by atoms with Crippen molar-refractivity contribution in [2.75, 3.05) is 0 Å². The van der Waals surface area contributed by atoms with Crippen molar-refractivity contribution < 1.29 is 69.9 Å². The molecule has 0 unspecified atom stereocenters. The summed E-state index contributed by atoms with van der Waals surface area (Å²) in [7, 11) is 0.774. The second-order valence-electron chi connectivity index (χ2n) is 1.28. The van der Waals surface area contributed by atoms with Gasteiger partial charge >= 0.3 is 0 Å². The molecule has 2 radical (unpaired) electrons. The molecule has 0 bridgehead atoms. The maximum absolute atomic E-state index is 4.90. The molecule has 0 aromatic carbocycles. The molecule has 0 aromatic heterocycles. The molecular formula is C4H9OPY2. The topological polar surface area (TPSA) is 9.23 Å². The Bertz CT molecular complexity index is 49.3. The molecular weight excluding hydrogens is 273 g/mol. The van der Waals surface area contributed by atoms with Gasteiger partial charge in [0.05, 0.1) is 6.10 Å². The minimum Gasteiger partial charge on any atom is -0.324 e. The molecule has 42 valence electrons. The standard InChI is InChI=1S/C4H9OP.2Y/c1-4(2)5-6-3;;/h4H,3H2,1-2H3;;. The first-order chi connectivity index (χ1) is 2.77. The zero-order valence-corrected chi connectivity index (χ0v) is 11.9. The van der Waals surface area contributed by atoms with Crippen LogP contribution in [0.2, 0.25) is 0 Å². The van der Waals surface area contributed by atoms with Crippen LogP contribution in [0.3, 0.4) is 0 Å². The predicted molar refractivity (Wildman–Crippen MR) is 30.3 cm³/mol. The fourth-order valence-electron chi connectivity index (χ4n) is 0.149. The van der Waals surface area contributed by atoms with Gasteiger partial charge < -0.3 is 4.52 Å². The van der Waals surface area contributed by atoms with Crippen molar-refractivity contribution in [1.82, 2.24) is 0 Å². The van der Waals surface area contributed by atoms with Gasteiger partial charge in [0.15, 0.2) is 0 Å². The number of hydrogen-bond acceptors (Lipinski definition) is 1. The van der Waals surface area contributed by atoms with Crippen molar-refractivity contribution >= 4 is 14.7 Å². The maximum atomic E-state index is 4.90. The van der Waals surface area contributed by atoms with E-state index in [-0.39, 0.29) is 65.4 Å². The summed E-state index contributed by atoms with van der Waals surface area (Å²) < 4.78 is 4.90. The summed E-state index contributed by atoms with van der Waals surface area (Å²) in [5, 5.41) is 0. The van der Waals surface area contributed by atoms with Gasteiger partial charge in [0.1, 0.15) is 0 Å². The third kappa shape index (κ3) is 15.8. The Morgan fingerprint density at radius 2 is 1.75 bits per heavy atom. The molecule has 0 amide bonds. The molecule has 8 heavy (non-hydrogen) atoms. The Kier molecular flexibility index (Phi) is 25.2. The van der Waals surface area contributed by atoms with Crippen LogP contribution in [-0.2, 0) is 69.9 Å². The van der Waals surface area contributed by atoms with E-state index in [0.29, 0.717) is 6.10 Å². The fraction of sp³-hybridized carbons (Fsp3) is 0.750. The Morgan fingerprint density at radius 3 is 1.75 bits per heavy atom. The molecule has 4 heteroatoms. The molecule has 0 aromatic rings. The molecule has 0 heterocycles. The second kappa shape index (κ2) is 12.1. The van der Waals surface area contributed by atoms with Gasteiger partial charge in [-0.1, -0.05) is 0 Å². The molecule has 0 aliphatic rings. The van der Waals surface area contributed by atoms with Gasteiger partial charge in [-0.3, -0.25) is 0 Å². The van der Waals surface area contributed by atoms with Crippen LogP contribution >= 0.6 is 8.43 Å². The summed E-state index contributed by atoms with van der Waals surface area (Å²) in [6, 6.07) is 0. The minimum atomic E-state index is 0. The first kappa shape index (κ1) is 16.7. The van der Waals surface area contributed by atoms with Crippen LogP contribution in [-0.4, -0.2) is 12.4 Å². The summed E-state index contributed by atoms with van der Waals surface area (Å²) in [4.78, 5) is 0. The zero-order chi connectivity index (χ0) is 4.99. The van der Waals surface area contributed by atoms with Crippen molar-refractivity contribution in [2.24, 2.45) is 0 Å². The quantitative estimate of drug-likeness (QED) is 0.700. The van der Waals surface area contributed by atoms with E-state index in [4.69, 9.17) is 4.52 Å². The van der Waals surface area contributed by atoms with E-state index in [1.165, 1.54) is 0 Å². The summed E-state index contributed by atoms with van der Waals surface area (Å²) in [6.45, 7) is 3.97. The van der Waals surface area contributed by atoms with Crippen LogP contribution in [0.25, 0.3) is 0 Å². The normalized spacial score (nSPS) is 7.88. The van der Waals surface area contributed by atoms with Crippen LogP contribution in [0.1, 0.15) is 13.8 Å². The summed E-state index contributed by atoms with van der Waals surface area (Å²) >= 11 is 0. The number of rotatable bonds is 2. The van der Waals surface area contributed by atoms with Gasteiger partial charge in [0, 0.05) is 73.8 Å².